The molecule has 2 aliphatic rings. The van der Waals surface area contributed by atoms with Crippen molar-refractivity contribution in [2.24, 2.45) is 11.8 Å². The highest BCUT2D eigenvalue weighted by Gasteiger charge is 2.42. The number of aromatic nitrogens is 1. The Balaban J connectivity index is 1.33. The first kappa shape index (κ1) is 23.0. The van der Waals surface area contributed by atoms with E-state index in [0.29, 0.717) is 30.5 Å². The van der Waals surface area contributed by atoms with E-state index in [-0.39, 0.29) is 12.5 Å². The van der Waals surface area contributed by atoms with Crippen molar-refractivity contribution in [2.45, 2.75) is 39.1 Å². The number of amides is 2. The highest BCUT2D eigenvalue weighted by Crippen LogP contribution is 2.34. The Hall–Kier alpha value is -3.16. The Morgan fingerprint density at radius 1 is 1.12 bits per heavy atom. The number of likely N-dealkylation sites (tertiary alicyclic amines) is 1. The normalized spacial score (nSPS) is 21.0. The fourth-order valence-corrected chi connectivity index (χ4v) is 4.50. The molecular weight excluding hydrogens is 423 g/mol. The number of hydrogen-bond donors (Lipinski definition) is 1. The molecule has 176 valence electrons. The highest BCUT2D eigenvalue weighted by atomic mass is 19.1. The van der Waals surface area contributed by atoms with Crippen LogP contribution in [-0.2, 0) is 11.2 Å². The second-order valence-corrected chi connectivity index (χ2v) is 9.87. The third-order valence-electron chi connectivity index (χ3n) is 6.03. The number of rotatable bonds is 5. The number of fused-ring (bicyclic) bond motifs is 1. The molecule has 3 heterocycles. The van der Waals surface area contributed by atoms with Crippen molar-refractivity contribution in [1.82, 2.24) is 15.2 Å². The van der Waals surface area contributed by atoms with E-state index in [0.717, 1.165) is 24.3 Å². The maximum atomic E-state index is 14.4. The Morgan fingerprint density at radius 3 is 2.42 bits per heavy atom. The van der Waals surface area contributed by atoms with Gasteiger partial charge in [-0.05, 0) is 32.4 Å². The van der Waals surface area contributed by atoms with E-state index in [1.54, 1.807) is 17.2 Å². The Kier molecular flexibility index (Phi) is 6.54. The predicted molar refractivity (Wildman–Crippen MR) is 124 cm³/mol. The SMILES string of the molecule is CC(C)(C)OC(=O)N1CC2CN(c3cncc(C(=O)NC(F)Cc4ccccc4)c3)CC2C1. The smallest absolute Gasteiger partial charge is 0.410 e. The molecule has 8 heteroatoms. The standard InChI is InChI=1S/C25H31FN4O3/c1-25(2,3)33-24(32)30-15-19-13-29(14-20(19)16-30)21-10-18(11-27-12-21)23(31)28-22(26)9-17-7-5-4-6-8-17/h4-8,10-12,19-20,22H,9,13-16H2,1-3H3,(H,28,31). The van der Waals surface area contributed by atoms with Crippen LogP contribution in [-0.4, -0.2) is 60.0 Å². The van der Waals surface area contributed by atoms with Crippen molar-refractivity contribution in [3.05, 3.63) is 59.9 Å². The molecule has 3 unspecified atom stereocenters. The first-order valence-electron chi connectivity index (χ1n) is 11.3. The zero-order valence-corrected chi connectivity index (χ0v) is 19.3. The quantitative estimate of drug-likeness (QED) is 0.698. The van der Waals surface area contributed by atoms with Crippen LogP contribution >= 0.6 is 0 Å². The number of anilines is 1. The Labute approximate surface area is 193 Å². The van der Waals surface area contributed by atoms with Gasteiger partial charge >= 0.3 is 6.09 Å². The fraction of sp³-hybridized carbons (Fsp3) is 0.480. The van der Waals surface area contributed by atoms with E-state index < -0.39 is 17.8 Å². The van der Waals surface area contributed by atoms with Crippen molar-refractivity contribution in [2.75, 3.05) is 31.1 Å². The number of alkyl halides is 1. The summed E-state index contributed by atoms with van der Waals surface area (Å²) < 4.78 is 19.9. The first-order valence-corrected chi connectivity index (χ1v) is 11.3. The molecule has 3 atom stereocenters. The monoisotopic (exact) mass is 454 g/mol. The van der Waals surface area contributed by atoms with Crippen LogP contribution in [0.25, 0.3) is 0 Å². The van der Waals surface area contributed by atoms with Gasteiger partial charge in [0.25, 0.3) is 5.91 Å². The molecule has 0 spiro atoms. The molecule has 1 N–H and O–H groups in total. The number of benzene rings is 1. The number of hydrogen-bond acceptors (Lipinski definition) is 5. The van der Waals surface area contributed by atoms with Gasteiger partial charge in [-0.1, -0.05) is 30.3 Å². The average Bonchev–Trinajstić information content (AvgIpc) is 3.33. The fourth-order valence-electron chi connectivity index (χ4n) is 4.50. The van der Waals surface area contributed by atoms with Crippen molar-refractivity contribution >= 4 is 17.7 Å². The van der Waals surface area contributed by atoms with E-state index in [4.69, 9.17) is 4.74 Å². The van der Waals surface area contributed by atoms with E-state index in [2.05, 4.69) is 15.2 Å². The number of carbonyl (C=O) groups is 2. The van der Waals surface area contributed by atoms with Crippen LogP contribution in [0.1, 0.15) is 36.7 Å². The van der Waals surface area contributed by atoms with Crippen LogP contribution in [0, 0.1) is 11.8 Å². The Morgan fingerprint density at radius 2 is 1.79 bits per heavy atom. The highest BCUT2D eigenvalue weighted by molar-refractivity contribution is 5.94. The van der Waals surface area contributed by atoms with E-state index in [1.807, 2.05) is 51.1 Å². The molecule has 2 fully saturated rings. The van der Waals surface area contributed by atoms with Gasteiger partial charge in [0.05, 0.1) is 17.4 Å². The molecule has 1 aromatic carbocycles. The molecule has 0 saturated carbocycles. The molecule has 33 heavy (non-hydrogen) atoms. The van der Waals surface area contributed by atoms with E-state index in [1.165, 1.54) is 6.20 Å². The molecule has 7 nitrogen and oxygen atoms in total. The molecule has 2 aliphatic heterocycles. The van der Waals surface area contributed by atoms with Crippen molar-refractivity contribution in [3.63, 3.8) is 0 Å². The van der Waals surface area contributed by atoms with Crippen molar-refractivity contribution < 1.29 is 18.7 Å². The Bertz CT molecular complexity index is 981. The lowest BCUT2D eigenvalue weighted by Crippen LogP contribution is -2.37. The van der Waals surface area contributed by atoms with Crippen LogP contribution < -0.4 is 10.2 Å². The molecule has 4 rings (SSSR count). The zero-order valence-electron chi connectivity index (χ0n) is 19.3. The summed E-state index contributed by atoms with van der Waals surface area (Å²) in [7, 11) is 0. The summed E-state index contributed by atoms with van der Waals surface area (Å²) in [5.41, 5.74) is 1.48. The lowest BCUT2D eigenvalue weighted by Gasteiger charge is -2.26. The molecule has 1 aromatic heterocycles. The largest absolute Gasteiger partial charge is 0.444 e. The lowest BCUT2D eigenvalue weighted by atomic mass is 10.0. The van der Waals surface area contributed by atoms with Gasteiger partial charge < -0.3 is 19.9 Å². The lowest BCUT2D eigenvalue weighted by molar-refractivity contribution is 0.0282. The molecular formula is C25H31FN4O3. The summed E-state index contributed by atoms with van der Waals surface area (Å²) in [6.45, 7) is 8.47. The number of nitrogens with one attached hydrogen (secondary N) is 1. The van der Waals surface area contributed by atoms with Gasteiger partial charge in [0, 0.05) is 50.6 Å². The van der Waals surface area contributed by atoms with Crippen LogP contribution in [0.15, 0.2) is 48.8 Å². The van der Waals surface area contributed by atoms with Gasteiger partial charge in [-0.3, -0.25) is 9.78 Å². The van der Waals surface area contributed by atoms with Crippen LogP contribution in [0.5, 0.6) is 0 Å². The third-order valence-corrected chi connectivity index (χ3v) is 6.03. The number of ether oxygens (including phenoxy) is 1. The minimum absolute atomic E-state index is 0.114. The molecule has 2 saturated heterocycles. The van der Waals surface area contributed by atoms with Crippen molar-refractivity contribution in [1.29, 1.82) is 0 Å². The van der Waals surface area contributed by atoms with E-state index >= 15 is 0 Å². The van der Waals surface area contributed by atoms with Gasteiger partial charge in [0.1, 0.15) is 5.60 Å². The number of pyridine rings is 1. The summed E-state index contributed by atoms with van der Waals surface area (Å²) in [5.74, 6) is 0.204. The number of carbonyl (C=O) groups excluding carboxylic acids is 2. The van der Waals surface area contributed by atoms with Crippen LogP contribution in [0.2, 0.25) is 0 Å². The van der Waals surface area contributed by atoms with Crippen molar-refractivity contribution in [3.8, 4) is 0 Å². The van der Waals surface area contributed by atoms with Gasteiger partial charge in [0.15, 0.2) is 6.30 Å². The molecule has 0 radical (unpaired) electrons. The van der Waals surface area contributed by atoms with Gasteiger partial charge in [-0.2, -0.15) is 0 Å². The average molecular weight is 455 g/mol. The second kappa shape index (κ2) is 9.37. The first-order chi connectivity index (χ1) is 15.7. The predicted octanol–water partition coefficient (Wildman–Crippen LogP) is 3.65. The molecule has 0 aliphatic carbocycles. The van der Waals surface area contributed by atoms with Crippen LogP contribution in [0.4, 0.5) is 14.9 Å². The minimum Gasteiger partial charge on any atom is -0.444 e. The molecule has 0 bridgehead atoms. The molecule has 2 amide bonds. The molecule has 2 aromatic rings. The maximum absolute atomic E-state index is 14.4. The topological polar surface area (TPSA) is 74.8 Å². The summed E-state index contributed by atoms with van der Waals surface area (Å²) in [4.78, 5) is 33.1. The minimum atomic E-state index is -1.48. The number of nitrogens with zero attached hydrogens (tertiary/aromatic N) is 3. The number of halogens is 1. The summed E-state index contributed by atoms with van der Waals surface area (Å²) in [6.07, 6.45) is 1.55. The van der Waals surface area contributed by atoms with Gasteiger partial charge in [-0.15, -0.1) is 0 Å². The third kappa shape index (κ3) is 5.80. The van der Waals surface area contributed by atoms with Crippen LogP contribution in [0.3, 0.4) is 0 Å². The summed E-state index contributed by atoms with van der Waals surface area (Å²) in [5, 5.41) is 2.42. The zero-order chi connectivity index (χ0) is 23.6. The van der Waals surface area contributed by atoms with Gasteiger partial charge in [0.2, 0.25) is 0 Å². The van der Waals surface area contributed by atoms with E-state index in [9.17, 15) is 14.0 Å². The second-order valence-electron chi connectivity index (χ2n) is 9.87. The van der Waals surface area contributed by atoms with Gasteiger partial charge in [-0.25, -0.2) is 9.18 Å². The summed E-state index contributed by atoms with van der Waals surface area (Å²) >= 11 is 0. The maximum Gasteiger partial charge on any atom is 0.410 e. The summed E-state index contributed by atoms with van der Waals surface area (Å²) in [6, 6.07) is 11.0.